The third-order valence-electron chi connectivity index (χ3n) is 1.92. The van der Waals surface area contributed by atoms with Crippen LogP contribution in [0.15, 0.2) is 30.3 Å². The quantitative estimate of drug-likeness (QED) is 0.639. The Labute approximate surface area is 102 Å². The molecular weight excluding hydrogens is 231 g/mol. The minimum atomic E-state index is -0.223. The van der Waals surface area contributed by atoms with Crippen molar-refractivity contribution >= 4 is 24.0 Å². The van der Waals surface area contributed by atoms with E-state index in [1.165, 1.54) is 0 Å². The van der Waals surface area contributed by atoms with Gasteiger partial charge in [0.15, 0.2) is 0 Å². The zero-order valence-corrected chi connectivity index (χ0v) is 9.89. The van der Waals surface area contributed by atoms with E-state index in [0.717, 1.165) is 18.5 Å². The van der Waals surface area contributed by atoms with Gasteiger partial charge in [0.1, 0.15) is 6.04 Å². The van der Waals surface area contributed by atoms with Crippen molar-refractivity contribution in [2.45, 2.75) is 12.5 Å². The molecule has 15 heavy (non-hydrogen) atoms. The lowest BCUT2D eigenvalue weighted by atomic mass is 10.1. The maximum atomic E-state index is 8.93. The smallest absolute Gasteiger partial charge is 0.121 e. The second-order valence-corrected chi connectivity index (χ2v) is 3.35. The maximum Gasteiger partial charge on any atom is 0.121 e. The first-order chi connectivity index (χ1) is 6.88. The van der Waals surface area contributed by atoms with E-state index >= 15 is 0 Å². The van der Waals surface area contributed by atoms with Gasteiger partial charge in [-0.25, -0.2) is 0 Å². The zero-order chi connectivity index (χ0) is 10.2. The Kier molecular flexibility index (Phi) is 8.12. The van der Waals surface area contributed by atoms with Gasteiger partial charge in [-0.3, -0.25) is 5.32 Å². The third kappa shape index (κ3) is 5.03. The molecule has 0 saturated carbocycles. The van der Waals surface area contributed by atoms with E-state index in [1.807, 2.05) is 30.3 Å². The van der Waals surface area contributed by atoms with Crippen LogP contribution in [0.5, 0.6) is 0 Å². The Bertz CT molecular complexity index is 295. The summed E-state index contributed by atoms with van der Waals surface area (Å²) in [7, 11) is 0. The lowest BCUT2D eigenvalue weighted by Crippen LogP contribution is -2.21. The predicted molar refractivity (Wildman–Crippen MR) is 65.4 cm³/mol. The number of benzene rings is 1. The van der Waals surface area contributed by atoms with E-state index in [4.69, 9.17) is 16.9 Å². The first kappa shape index (κ1) is 14.2. The van der Waals surface area contributed by atoms with Crippen LogP contribution in [0.25, 0.3) is 0 Å². The number of nitrogens with one attached hydrogen (secondary N) is 1. The fraction of sp³-hybridized carbons (Fsp3) is 0.364. The van der Waals surface area contributed by atoms with E-state index in [-0.39, 0.29) is 18.4 Å². The monoisotopic (exact) mass is 244 g/mol. The zero-order valence-electron chi connectivity index (χ0n) is 8.32. The Hall–Kier alpha value is -0.750. The summed E-state index contributed by atoms with van der Waals surface area (Å²) in [5, 5.41) is 12.1. The molecule has 0 heterocycles. The van der Waals surface area contributed by atoms with Gasteiger partial charge in [0.2, 0.25) is 0 Å². The van der Waals surface area contributed by atoms with Crippen LogP contribution < -0.4 is 5.32 Å². The standard InChI is InChI=1S/C11H13ClN2.ClH/c12-7-4-8-14-11(9-13)10-5-2-1-3-6-10;/h1-3,5-6,11,14H,4,7-8H2;1H. The highest BCUT2D eigenvalue weighted by Gasteiger charge is 2.07. The Morgan fingerprint density at radius 2 is 2.00 bits per heavy atom. The maximum absolute atomic E-state index is 8.93. The van der Waals surface area contributed by atoms with Gasteiger partial charge in [-0.2, -0.15) is 5.26 Å². The molecule has 1 unspecified atom stereocenters. The average molecular weight is 245 g/mol. The molecule has 0 fully saturated rings. The van der Waals surface area contributed by atoms with Crippen LogP contribution in [-0.4, -0.2) is 12.4 Å². The summed E-state index contributed by atoms with van der Waals surface area (Å²) < 4.78 is 0. The van der Waals surface area contributed by atoms with Crippen LogP contribution in [0.4, 0.5) is 0 Å². The number of hydrogen-bond acceptors (Lipinski definition) is 2. The molecule has 0 aliphatic rings. The number of alkyl halides is 1. The van der Waals surface area contributed by atoms with Gasteiger partial charge < -0.3 is 0 Å². The van der Waals surface area contributed by atoms with Crippen molar-refractivity contribution in [2.75, 3.05) is 12.4 Å². The number of rotatable bonds is 5. The molecule has 0 spiro atoms. The molecule has 0 saturated heterocycles. The van der Waals surface area contributed by atoms with E-state index in [1.54, 1.807) is 0 Å². The topological polar surface area (TPSA) is 35.8 Å². The number of nitrogens with zero attached hydrogens (tertiary/aromatic N) is 1. The largest absolute Gasteiger partial charge is 0.298 e. The summed E-state index contributed by atoms with van der Waals surface area (Å²) >= 11 is 5.55. The SMILES string of the molecule is Cl.N#CC(NCCCCl)c1ccccc1. The number of hydrogen-bond donors (Lipinski definition) is 1. The third-order valence-corrected chi connectivity index (χ3v) is 2.19. The Balaban J connectivity index is 0.00000196. The molecule has 1 atom stereocenters. The van der Waals surface area contributed by atoms with Crippen molar-refractivity contribution in [1.82, 2.24) is 5.32 Å². The normalized spacial score (nSPS) is 11.2. The van der Waals surface area contributed by atoms with Gasteiger partial charge in [0.05, 0.1) is 6.07 Å². The van der Waals surface area contributed by atoms with Crippen molar-refractivity contribution in [2.24, 2.45) is 0 Å². The fourth-order valence-corrected chi connectivity index (χ4v) is 1.33. The summed E-state index contributed by atoms with van der Waals surface area (Å²) in [6.07, 6.45) is 0.882. The van der Waals surface area contributed by atoms with Gasteiger partial charge >= 0.3 is 0 Å². The molecule has 0 aliphatic heterocycles. The summed E-state index contributed by atoms with van der Waals surface area (Å²) in [5.74, 6) is 0.625. The van der Waals surface area contributed by atoms with Crippen LogP contribution in [0.2, 0.25) is 0 Å². The van der Waals surface area contributed by atoms with E-state index < -0.39 is 0 Å². The lowest BCUT2D eigenvalue weighted by Gasteiger charge is -2.10. The summed E-state index contributed by atoms with van der Waals surface area (Å²) in [6.45, 7) is 0.774. The van der Waals surface area contributed by atoms with Gasteiger partial charge in [-0.05, 0) is 18.5 Å². The Morgan fingerprint density at radius 3 is 2.53 bits per heavy atom. The van der Waals surface area contributed by atoms with E-state index in [9.17, 15) is 0 Å². The van der Waals surface area contributed by atoms with Crippen molar-refractivity contribution in [1.29, 1.82) is 5.26 Å². The lowest BCUT2D eigenvalue weighted by molar-refractivity contribution is 0.623. The van der Waals surface area contributed by atoms with Gasteiger partial charge in [0.25, 0.3) is 0 Å². The van der Waals surface area contributed by atoms with Gasteiger partial charge in [-0.1, -0.05) is 30.3 Å². The summed E-state index contributed by atoms with van der Waals surface area (Å²) in [6, 6.07) is 11.7. The van der Waals surface area contributed by atoms with Crippen LogP contribution in [-0.2, 0) is 0 Å². The number of nitriles is 1. The van der Waals surface area contributed by atoms with E-state index in [2.05, 4.69) is 11.4 Å². The molecule has 1 N–H and O–H groups in total. The van der Waals surface area contributed by atoms with Crippen LogP contribution >= 0.6 is 24.0 Å². The molecule has 0 radical (unpaired) electrons. The minimum absolute atomic E-state index is 0. The molecule has 0 amide bonds. The van der Waals surface area contributed by atoms with Crippen molar-refractivity contribution in [3.63, 3.8) is 0 Å². The molecule has 1 aromatic carbocycles. The predicted octanol–water partition coefficient (Wildman–Crippen LogP) is 2.89. The fourth-order valence-electron chi connectivity index (χ4n) is 1.20. The van der Waals surface area contributed by atoms with Gasteiger partial charge in [0, 0.05) is 5.88 Å². The molecule has 1 rings (SSSR count). The highest BCUT2D eigenvalue weighted by Crippen LogP contribution is 2.10. The first-order valence-electron chi connectivity index (χ1n) is 4.62. The molecule has 0 aromatic heterocycles. The van der Waals surface area contributed by atoms with Crippen LogP contribution in [0, 0.1) is 11.3 Å². The minimum Gasteiger partial charge on any atom is -0.298 e. The van der Waals surface area contributed by atoms with E-state index in [0.29, 0.717) is 5.88 Å². The summed E-state index contributed by atoms with van der Waals surface area (Å²) in [5.41, 5.74) is 1.00. The molecule has 1 aromatic rings. The van der Waals surface area contributed by atoms with Gasteiger partial charge in [-0.15, -0.1) is 24.0 Å². The summed E-state index contributed by atoms with van der Waals surface area (Å²) in [4.78, 5) is 0. The molecule has 0 bridgehead atoms. The van der Waals surface area contributed by atoms with Crippen molar-refractivity contribution < 1.29 is 0 Å². The number of halogens is 2. The van der Waals surface area contributed by atoms with Crippen molar-refractivity contribution in [3.05, 3.63) is 35.9 Å². The Morgan fingerprint density at radius 1 is 1.33 bits per heavy atom. The highest BCUT2D eigenvalue weighted by atomic mass is 35.5. The molecule has 2 nitrogen and oxygen atoms in total. The average Bonchev–Trinajstić information content (AvgIpc) is 2.26. The first-order valence-corrected chi connectivity index (χ1v) is 5.16. The van der Waals surface area contributed by atoms with Crippen LogP contribution in [0.1, 0.15) is 18.0 Å². The molecule has 4 heteroatoms. The molecule has 0 aliphatic carbocycles. The molecular formula is C11H14Cl2N2. The second kappa shape index (κ2) is 8.55. The highest BCUT2D eigenvalue weighted by molar-refractivity contribution is 6.17. The second-order valence-electron chi connectivity index (χ2n) is 2.97. The molecule has 82 valence electrons. The van der Waals surface area contributed by atoms with Crippen LogP contribution in [0.3, 0.4) is 0 Å². The van der Waals surface area contributed by atoms with Crippen molar-refractivity contribution in [3.8, 4) is 6.07 Å².